The number of rotatable bonds is 5. The molecule has 2 N–H and O–H groups in total. The van der Waals surface area contributed by atoms with Gasteiger partial charge in [0.05, 0.1) is 12.2 Å². The number of aryl methyl sites for hydroxylation is 2. The van der Waals surface area contributed by atoms with Gasteiger partial charge in [0.15, 0.2) is 5.69 Å². The number of nitrogens with zero attached hydrogens (tertiary/aromatic N) is 4. The summed E-state index contributed by atoms with van der Waals surface area (Å²) in [5.41, 5.74) is 11.9. The quantitative estimate of drug-likeness (QED) is 0.562. The van der Waals surface area contributed by atoms with Gasteiger partial charge in [0.25, 0.3) is 5.91 Å². The first kappa shape index (κ1) is 18.1. The Hall–Kier alpha value is -3.32. The predicted molar refractivity (Wildman–Crippen MR) is 110 cm³/mol. The molecule has 0 aliphatic rings. The molecule has 4 aromatic rings. The van der Waals surface area contributed by atoms with Gasteiger partial charge in [-0.3, -0.25) is 14.5 Å². The summed E-state index contributed by atoms with van der Waals surface area (Å²) in [6.07, 6.45) is 5.37. The molecule has 0 atom stereocenters. The minimum Gasteiger partial charge on any atom is -0.364 e. The van der Waals surface area contributed by atoms with Crippen LogP contribution in [0, 0.1) is 13.8 Å². The Balaban J connectivity index is 1.84. The molecular formula is C21H19N5OS. The number of hydrogen-bond acceptors (Lipinski definition) is 5. The highest BCUT2D eigenvalue weighted by atomic mass is 32.1. The number of carbonyl (C=O) groups is 1. The van der Waals surface area contributed by atoms with Crippen molar-refractivity contribution in [2.75, 3.05) is 0 Å². The van der Waals surface area contributed by atoms with Gasteiger partial charge in [-0.1, -0.05) is 12.1 Å². The van der Waals surface area contributed by atoms with Crippen molar-refractivity contribution in [3.05, 3.63) is 76.7 Å². The molecule has 0 spiro atoms. The smallest absolute Gasteiger partial charge is 0.269 e. The Morgan fingerprint density at radius 2 is 2.00 bits per heavy atom. The van der Waals surface area contributed by atoms with Crippen molar-refractivity contribution in [1.82, 2.24) is 19.7 Å². The maximum Gasteiger partial charge on any atom is 0.269 e. The minimum absolute atomic E-state index is 0.251. The summed E-state index contributed by atoms with van der Waals surface area (Å²) in [5, 5.41) is 7.37. The second-order valence-electron chi connectivity index (χ2n) is 6.61. The molecule has 7 heteroatoms. The van der Waals surface area contributed by atoms with Gasteiger partial charge in [-0.05, 0) is 48.7 Å². The van der Waals surface area contributed by atoms with E-state index in [1.165, 1.54) is 0 Å². The Morgan fingerprint density at radius 1 is 1.14 bits per heavy atom. The van der Waals surface area contributed by atoms with Crippen molar-refractivity contribution in [1.29, 1.82) is 0 Å². The van der Waals surface area contributed by atoms with Crippen LogP contribution in [0.1, 0.15) is 27.2 Å². The van der Waals surface area contributed by atoms with E-state index in [4.69, 9.17) is 5.73 Å². The molecular weight excluding hydrogens is 370 g/mol. The van der Waals surface area contributed by atoms with Gasteiger partial charge >= 0.3 is 0 Å². The third kappa shape index (κ3) is 3.44. The molecule has 1 amide bonds. The number of aromatic nitrogens is 4. The first-order valence-electron chi connectivity index (χ1n) is 8.81. The summed E-state index contributed by atoms with van der Waals surface area (Å²) in [6, 6.07) is 9.92. The minimum atomic E-state index is -0.541. The monoisotopic (exact) mass is 389 g/mol. The molecule has 0 bridgehead atoms. The molecule has 3 aromatic heterocycles. The summed E-state index contributed by atoms with van der Waals surface area (Å²) < 4.78 is 1.83. The van der Waals surface area contributed by atoms with Crippen molar-refractivity contribution in [2.24, 2.45) is 5.73 Å². The highest BCUT2D eigenvalue weighted by Crippen LogP contribution is 2.31. The average Bonchev–Trinajstić information content (AvgIpc) is 3.34. The van der Waals surface area contributed by atoms with E-state index in [9.17, 15) is 4.79 Å². The molecule has 140 valence electrons. The van der Waals surface area contributed by atoms with Crippen LogP contribution in [-0.2, 0) is 6.54 Å². The van der Waals surface area contributed by atoms with E-state index in [2.05, 4.69) is 33.3 Å². The first-order chi connectivity index (χ1) is 13.5. The fourth-order valence-corrected chi connectivity index (χ4v) is 3.75. The van der Waals surface area contributed by atoms with Crippen LogP contribution in [0.5, 0.6) is 0 Å². The number of benzene rings is 1. The molecule has 0 saturated heterocycles. The Kier molecular flexibility index (Phi) is 4.75. The van der Waals surface area contributed by atoms with Crippen molar-refractivity contribution < 1.29 is 4.79 Å². The molecule has 3 heterocycles. The number of carbonyl (C=O) groups excluding carboxylic acids is 1. The van der Waals surface area contributed by atoms with Gasteiger partial charge in [0.1, 0.15) is 5.01 Å². The van der Waals surface area contributed by atoms with Crippen LogP contribution in [0.2, 0.25) is 0 Å². The van der Waals surface area contributed by atoms with E-state index in [0.717, 1.165) is 38.5 Å². The van der Waals surface area contributed by atoms with Gasteiger partial charge in [0.2, 0.25) is 0 Å². The maximum atomic E-state index is 11.8. The molecule has 1 aromatic carbocycles. The zero-order chi connectivity index (χ0) is 19.7. The second-order valence-corrected chi connectivity index (χ2v) is 7.50. The molecule has 28 heavy (non-hydrogen) atoms. The normalized spacial score (nSPS) is 10.9. The number of hydrogen-bond donors (Lipinski definition) is 1. The van der Waals surface area contributed by atoms with Crippen LogP contribution < -0.4 is 5.73 Å². The van der Waals surface area contributed by atoms with Crippen LogP contribution in [0.25, 0.3) is 21.8 Å². The Labute approximate surface area is 166 Å². The van der Waals surface area contributed by atoms with Crippen molar-refractivity contribution in [3.8, 4) is 21.8 Å². The van der Waals surface area contributed by atoms with E-state index in [0.29, 0.717) is 6.54 Å². The predicted octanol–water partition coefficient (Wildman–Crippen LogP) is 3.83. The summed E-state index contributed by atoms with van der Waals surface area (Å²) in [5.74, 6) is -0.541. The molecule has 0 saturated carbocycles. The number of pyridine rings is 1. The van der Waals surface area contributed by atoms with E-state index >= 15 is 0 Å². The number of amides is 1. The third-order valence-corrected chi connectivity index (χ3v) is 5.50. The third-order valence-electron chi connectivity index (χ3n) is 4.68. The second kappa shape index (κ2) is 7.36. The molecule has 4 rings (SSSR count). The Morgan fingerprint density at radius 3 is 2.71 bits per heavy atom. The molecule has 0 aliphatic carbocycles. The standard InChI is InChI=1S/C21H19N5OS/c1-13-3-4-15(21-24-7-8-28-21)9-17(13)19-10-18(20(22)27)25-26(19)12-16-5-6-23-11-14(16)2/h3-11H,12H2,1-2H3,(H2,22,27). The highest BCUT2D eigenvalue weighted by Gasteiger charge is 2.17. The van der Waals surface area contributed by atoms with E-state index in [-0.39, 0.29) is 5.69 Å². The van der Waals surface area contributed by atoms with Gasteiger partial charge in [-0.15, -0.1) is 11.3 Å². The van der Waals surface area contributed by atoms with Gasteiger partial charge in [0, 0.05) is 35.1 Å². The fraction of sp³-hybridized carbons (Fsp3) is 0.143. The first-order valence-corrected chi connectivity index (χ1v) is 9.69. The highest BCUT2D eigenvalue weighted by molar-refractivity contribution is 7.13. The van der Waals surface area contributed by atoms with E-state index in [1.807, 2.05) is 36.2 Å². The van der Waals surface area contributed by atoms with Gasteiger partial charge < -0.3 is 5.73 Å². The lowest BCUT2D eigenvalue weighted by atomic mass is 10.0. The maximum absolute atomic E-state index is 11.8. The Bertz CT molecular complexity index is 1150. The van der Waals surface area contributed by atoms with Gasteiger partial charge in [-0.25, -0.2) is 4.98 Å². The van der Waals surface area contributed by atoms with E-state index in [1.54, 1.807) is 29.8 Å². The fourth-order valence-electron chi connectivity index (χ4n) is 3.11. The van der Waals surface area contributed by atoms with Crippen molar-refractivity contribution in [3.63, 3.8) is 0 Å². The van der Waals surface area contributed by atoms with Crippen molar-refractivity contribution in [2.45, 2.75) is 20.4 Å². The molecule has 0 aliphatic heterocycles. The van der Waals surface area contributed by atoms with Gasteiger partial charge in [-0.2, -0.15) is 5.10 Å². The lowest BCUT2D eigenvalue weighted by Gasteiger charge is -2.12. The number of thiazole rings is 1. The topological polar surface area (TPSA) is 86.7 Å². The largest absolute Gasteiger partial charge is 0.364 e. The SMILES string of the molecule is Cc1cnccc1Cn1nc(C(N)=O)cc1-c1cc(-c2nccs2)ccc1C. The van der Waals surface area contributed by atoms with Crippen LogP contribution >= 0.6 is 11.3 Å². The molecule has 0 radical (unpaired) electrons. The van der Waals surface area contributed by atoms with Crippen molar-refractivity contribution >= 4 is 17.2 Å². The van der Waals surface area contributed by atoms with Crippen LogP contribution in [-0.4, -0.2) is 25.7 Å². The summed E-state index contributed by atoms with van der Waals surface area (Å²) in [7, 11) is 0. The zero-order valence-corrected chi connectivity index (χ0v) is 16.4. The number of nitrogens with two attached hydrogens (primary N) is 1. The molecule has 6 nitrogen and oxygen atoms in total. The van der Waals surface area contributed by atoms with E-state index < -0.39 is 5.91 Å². The summed E-state index contributed by atoms with van der Waals surface area (Å²) in [4.78, 5) is 20.3. The number of primary amides is 1. The lowest BCUT2D eigenvalue weighted by Crippen LogP contribution is -2.13. The zero-order valence-electron chi connectivity index (χ0n) is 15.6. The molecule has 0 fully saturated rings. The molecule has 0 unspecified atom stereocenters. The van der Waals surface area contributed by atoms with Crippen LogP contribution in [0.15, 0.2) is 54.3 Å². The summed E-state index contributed by atoms with van der Waals surface area (Å²) in [6.45, 7) is 4.58. The average molecular weight is 389 g/mol. The van der Waals surface area contributed by atoms with Crippen LogP contribution in [0.3, 0.4) is 0 Å². The lowest BCUT2D eigenvalue weighted by molar-refractivity contribution is 0.0995. The van der Waals surface area contributed by atoms with Crippen LogP contribution in [0.4, 0.5) is 0 Å². The summed E-state index contributed by atoms with van der Waals surface area (Å²) >= 11 is 1.59.